The lowest BCUT2D eigenvalue weighted by molar-refractivity contribution is -0.327. The van der Waals surface area contributed by atoms with Gasteiger partial charge < -0.3 is 49.0 Å². The van der Waals surface area contributed by atoms with Gasteiger partial charge in [0.2, 0.25) is 6.29 Å². The molecule has 3 aliphatic carbocycles. The number of aliphatic hydroxyl groups excluding tert-OH is 2. The highest BCUT2D eigenvalue weighted by molar-refractivity contribution is 6.13. The third-order valence-corrected chi connectivity index (χ3v) is 14.1. The van der Waals surface area contributed by atoms with Crippen LogP contribution in [-0.2, 0) is 33.6 Å². The quantitative estimate of drug-likeness (QED) is 0.211. The van der Waals surface area contributed by atoms with E-state index in [0.717, 1.165) is 64.8 Å². The van der Waals surface area contributed by atoms with Crippen LogP contribution in [0.5, 0.6) is 17.2 Å². The maximum Gasteiger partial charge on any atom is 0.254 e. The van der Waals surface area contributed by atoms with Crippen molar-refractivity contribution in [2.24, 2.45) is 10.9 Å². The largest absolute Gasteiger partial charge is 0.506 e. The number of phenolic OH excluding ortho intramolecular Hbond substituents is 1. The van der Waals surface area contributed by atoms with Gasteiger partial charge in [-0.2, -0.15) is 4.99 Å². The zero-order valence-corrected chi connectivity index (χ0v) is 34.0. The third-order valence-electron chi connectivity index (χ3n) is 14.1. The predicted molar refractivity (Wildman–Crippen MR) is 226 cm³/mol. The van der Waals surface area contributed by atoms with Gasteiger partial charge in [0.05, 0.1) is 55.2 Å². The van der Waals surface area contributed by atoms with Crippen LogP contribution in [0.15, 0.2) is 70.4 Å². The molecule has 4 N–H and O–H groups in total. The molecule has 8 aliphatic rings. The van der Waals surface area contributed by atoms with E-state index in [-0.39, 0.29) is 60.4 Å². The van der Waals surface area contributed by atoms with E-state index in [4.69, 9.17) is 23.7 Å². The van der Waals surface area contributed by atoms with Crippen molar-refractivity contribution in [2.75, 3.05) is 26.9 Å². The number of ketones is 1. The average molecular weight is 838 g/mol. The first-order valence-electron chi connectivity index (χ1n) is 21.3. The van der Waals surface area contributed by atoms with Crippen LogP contribution in [0.4, 0.5) is 0 Å². The Labute approximate surface area is 357 Å². The van der Waals surface area contributed by atoms with Gasteiger partial charge >= 0.3 is 0 Å². The van der Waals surface area contributed by atoms with Gasteiger partial charge in [-0.05, 0) is 89.4 Å². The topological polar surface area (TPSA) is 177 Å². The number of aromatic hydroxyl groups is 1. The molecule has 0 spiro atoms. The number of rotatable bonds is 3. The zero-order chi connectivity index (χ0) is 42.4. The predicted octanol–water partition coefficient (Wildman–Crippen LogP) is 4.76. The molecule has 5 aliphatic heterocycles. The number of phenols is 1. The number of aryl methyl sites for hydroxylation is 1. The van der Waals surface area contributed by atoms with E-state index >= 15 is 4.79 Å². The number of ether oxygens (including phenoxy) is 5. The number of Topliss-reactive ketones (excluding diaryl/α,β-unsaturated/α-hetero) is 1. The lowest BCUT2D eigenvalue weighted by Gasteiger charge is -2.47. The van der Waals surface area contributed by atoms with Crippen molar-refractivity contribution in [1.82, 2.24) is 4.90 Å². The summed E-state index contributed by atoms with van der Waals surface area (Å²) in [6.07, 6.45) is 13.1. The Morgan fingerprint density at radius 1 is 1.15 bits per heavy atom. The van der Waals surface area contributed by atoms with Gasteiger partial charge in [-0.25, -0.2) is 0 Å². The molecule has 2 fully saturated rings. The van der Waals surface area contributed by atoms with E-state index in [1.165, 1.54) is 12.0 Å². The fourth-order valence-electron chi connectivity index (χ4n) is 11.0. The van der Waals surface area contributed by atoms with Crippen molar-refractivity contribution in [2.45, 2.75) is 87.3 Å². The van der Waals surface area contributed by atoms with E-state index < -0.39 is 48.7 Å². The molecular weight excluding hydrogens is 793 g/mol. The van der Waals surface area contributed by atoms with Crippen LogP contribution in [0, 0.1) is 24.4 Å². The number of allylic oxidation sites excluding steroid dienone is 4. The number of aliphatic imine (C=N–C) groups is 1. The molecule has 316 valence electrons. The van der Waals surface area contributed by atoms with Gasteiger partial charge in [-0.15, -0.1) is 0 Å². The summed E-state index contributed by atoms with van der Waals surface area (Å²) < 4.78 is 32.0. The lowest BCUT2D eigenvalue weighted by atomic mass is 9.72. The molecule has 3 aromatic carbocycles. The van der Waals surface area contributed by atoms with Crippen LogP contribution in [0.3, 0.4) is 0 Å². The number of aliphatic hydroxyl groups is 3. The number of carbonyl (C=O) groups excluding carboxylic acids is 2. The normalized spacial score (nSPS) is 30.5. The van der Waals surface area contributed by atoms with E-state index in [1.807, 2.05) is 36.8 Å². The number of hydrogen-bond acceptors (Lipinski definition) is 12. The van der Waals surface area contributed by atoms with E-state index in [9.17, 15) is 25.2 Å². The summed E-state index contributed by atoms with van der Waals surface area (Å²) in [4.78, 5) is 35.2. The third kappa shape index (κ3) is 5.88. The van der Waals surface area contributed by atoms with Crippen molar-refractivity contribution >= 4 is 34.8 Å². The fourth-order valence-corrected chi connectivity index (χ4v) is 11.0. The minimum atomic E-state index is -2.44. The van der Waals surface area contributed by atoms with Gasteiger partial charge in [0.25, 0.3) is 5.91 Å². The number of nitrogens with zero attached hydrogens (tertiary/aromatic N) is 2. The second kappa shape index (κ2) is 14.9. The summed E-state index contributed by atoms with van der Waals surface area (Å²) in [5.74, 6) is 2.63. The maximum absolute atomic E-state index is 15.1. The van der Waals surface area contributed by atoms with E-state index in [0.29, 0.717) is 34.6 Å². The van der Waals surface area contributed by atoms with Crippen LogP contribution < -0.4 is 9.47 Å². The minimum Gasteiger partial charge on any atom is -0.506 e. The first-order valence-corrected chi connectivity index (χ1v) is 21.3. The molecular formula is C49H45N2O11+. The Hall–Kier alpha value is -5.88. The smallest absolute Gasteiger partial charge is 0.254 e. The summed E-state index contributed by atoms with van der Waals surface area (Å²) in [6, 6.07) is 7.20. The Morgan fingerprint density at radius 2 is 2.03 bits per heavy atom. The zero-order valence-electron chi connectivity index (χ0n) is 34.0. The Balaban J connectivity index is 1.19. The number of methoxy groups -OCH3 is 1. The minimum absolute atomic E-state index is 0.00287. The average Bonchev–Trinajstić information content (AvgIpc) is 4.02. The first kappa shape index (κ1) is 39.0. The lowest BCUT2D eigenvalue weighted by Crippen LogP contribution is -2.70. The number of carbonyl (C=O) groups is 2. The summed E-state index contributed by atoms with van der Waals surface area (Å²) in [6.45, 7) is -1.32. The van der Waals surface area contributed by atoms with E-state index in [1.54, 1.807) is 30.5 Å². The molecule has 5 heterocycles. The molecule has 3 aromatic rings. The molecule has 0 radical (unpaired) electrons. The Kier molecular flexibility index (Phi) is 9.37. The van der Waals surface area contributed by atoms with Crippen molar-refractivity contribution in [3.8, 4) is 29.3 Å². The Morgan fingerprint density at radius 3 is 2.89 bits per heavy atom. The van der Waals surface area contributed by atoms with Crippen molar-refractivity contribution in [3.63, 3.8) is 0 Å². The van der Waals surface area contributed by atoms with Gasteiger partial charge in [0, 0.05) is 43.2 Å². The number of fused-ring (bicyclic) bond motifs is 10. The van der Waals surface area contributed by atoms with Crippen LogP contribution in [-0.4, -0.2) is 106 Å². The van der Waals surface area contributed by atoms with E-state index in [2.05, 4.69) is 17.0 Å². The summed E-state index contributed by atoms with van der Waals surface area (Å²) in [5.41, 5.74) is 3.97. The summed E-state index contributed by atoms with van der Waals surface area (Å²) >= 11 is 0. The molecule has 8 atom stereocenters. The highest BCUT2D eigenvalue weighted by atomic mass is 16.7. The van der Waals surface area contributed by atoms with Crippen LogP contribution >= 0.6 is 0 Å². The molecule has 11 rings (SSSR count). The van der Waals surface area contributed by atoms with Crippen LogP contribution in [0.1, 0.15) is 80.1 Å². The van der Waals surface area contributed by atoms with Crippen LogP contribution in [0.25, 0.3) is 16.8 Å². The molecule has 1 saturated carbocycles. The monoisotopic (exact) mass is 837 g/mol. The van der Waals surface area contributed by atoms with Crippen molar-refractivity contribution < 1.29 is 53.7 Å². The second-order valence-corrected chi connectivity index (χ2v) is 17.3. The summed E-state index contributed by atoms with van der Waals surface area (Å²) in [5, 5.41) is 49.2. The highest BCUT2D eigenvalue weighted by Crippen LogP contribution is 2.55. The van der Waals surface area contributed by atoms with Gasteiger partial charge in [-0.3, -0.25) is 9.59 Å². The standard InChI is InChI=1S/C49H44N2O11/c1-58-38-19-32-29-15-14-26-8-4-11-27(26)40(29)42-36(53)22-51-21-34-25(7-5-12-30(34)47(51)56)9-6-18-59-46-43(54)39-23-60-37(33-20-50-35-13-3-2-10-28(33)35)17-16-31(38)45(41(32)44(42)55)62-48(61-39)49(46,57)24-52/h2-3,5,7,10,12-13,16-17,19-20,26-27,37,39,43,46,48,52,54,57H,4,8-9,11,14-15,21-24H2,1H3/p+1/t26-,27-,37-,39+,43-,46+,48-,49-/m1/s1. The van der Waals surface area contributed by atoms with Gasteiger partial charge in [0.1, 0.15) is 47.2 Å². The Bertz CT molecular complexity index is 2680. The van der Waals surface area contributed by atoms with Crippen LogP contribution in [0.2, 0.25) is 0 Å². The maximum atomic E-state index is 15.1. The summed E-state index contributed by atoms with van der Waals surface area (Å²) in [7, 11) is 1.52. The molecule has 0 unspecified atom stereocenters. The van der Waals surface area contributed by atoms with Crippen molar-refractivity contribution in [1.29, 1.82) is 0 Å². The number of hydrogen-bond donors (Lipinski definition) is 4. The first-order chi connectivity index (χ1) is 30.2. The molecule has 13 heteroatoms. The second-order valence-electron chi connectivity index (χ2n) is 17.3. The fraction of sp³-hybridized carbons (Fsp3) is 0.388. The van der Waals surface area contributed by atoms with Gasteiger partial charge in [-0.1, -0.05) is 24.5 Å². The van der Waals surface area contributed by atoms with Crippen molar-refractivity contribution in [3.05, 3.63) is 111 Å². The molecule has 0 aromatic heterocycles. The SMILES string of the molecule is COc1cc2c3c(c4c(O)c2c2c1C=C[C@H](C1=C5[CH+]C=CC=C5N=C1)OC[C@@H]1O[C@H](O2)[C@@](O)(CO)[C@@H](OC#CCc2cccc5c2CN(CC4=O)C5=O)[C@@H]1O)[C@@H]1CCC[C@@H]1CC3. The highest BCUT2D eigenvalue weighted by Gasteiger charge is 2.59. The molecule has 62 heavy (non-hydrogen) atoms. The molecule has 8 bridgehead atoms. The molecule has 1 amide bonds. The molecule has 1 saturated heterocycles. The number of amides is 1. The molecule has 13 nitrogen and oxygen atoms in total. The number of benzene rings is 3. The van der Waals surface area contributed by atoms with Gasteiger partial charge in [0.15, 0.2) is 23.2 Å².